The maximum atomic E-state index is 14.5. The Bertz CT molecular complexity index is 1260. The lowest BCUT2D eigenvalue weighted by Gasteiger charge is -2.42. The molecule has 2 aliphatic rings. The van der Waals surface area contributed by atoms with Crippen molar-refractivity contribution >= 4 is 14.2 Å². The molecule has 0 radical (unpaired) electrons. The van der Waals surface area contributed by atoms with E-state index >= 15 is 0 Å². The maximum Gasteiger partial charge on any atom is 0.223 e. The van der Waals surface area contributed by atoms with Crippen LogP contribution in [0.1, 0.15) is 116 Å². The molecule has 0 aromatic heterocycles. The molecule has 0 aliphatic heterocycles. The first-order valence-electron chi connectivity index (χ1n) is 19.8. The van der Waals surface area contributed by atoms with E-state index in [-0.39, 0.29) is 35.0 Å². The molecule has 1 amide bonds. The summed E-state index contributed by atoms with van der Waals surface area (Å²) in [5.41, 5.74) is 2.29. The molecule has 50 heavy (non-hydrogen) atoms. The second-order valence-electron chi connectivity index (χ2n) is 17.6. The van der Waals surface area contributed by atoms with Crippen LogP contribution in [0.4, 0.5) is 0 Å². The van der Waals surface area contributed by atoms with Crippen molar-refractivity contribution in [3.63, 3.8) is 0 Å². The Morgan fingerprint density at radius 2 is 1.38 bits per heavy atom. The molecule has 2 aromatic carbocycles. The zero-order valence-electron chi connectivity index (χ0n) is 32.3. The molecule has 0 bridgehead atoms. The Kier molecular flexibility index (Phi) is 15.6. The molecule has 0 saturated heterocycles. The summed E-state index contributed by atoms with van der Waals surface area (Å²) in [5.74, 6) is 0.818. The molecule has 0 spiro atoms. The minimum absolute atomic E-state index is 0.0223. The molecular weight excluding hydrogens is 639 g/mol. The summed E-state index contributed by atoms with van der Waals surface area (Å²) in [5, 5.41) is 26.3. The van der Waals surface area contributed by atoms with Crippen LogP contribution in [0.15, 0.2) is 60.7 Å². The first-order chi connectivity index (χ1) is 23.7. The van der Waals surface area contributed by atoms with Gasteiger partial charge >= 0.3 is 0 Å². The standard InChI is InChI=1S/C43H69NO5Si/c1-31(2)25-37(45)41(38(46)27-32-17-11-8-12-18-32)44-42(47)36(26-34-23-24-34)29-40(49-50(6,7)43(3,4)5)39(28-33-19-13-9-14-20-33)48-30-35-21-15-10-16-22-35/h9-10,13-16,19-22,31-32,34,36-41,45-46H,8,11-12,17-18,23-30H2,1-7H3,(H,44,47)/t36-,37?,38?,39+,40+,41?/m1/s1. The van der Waals surface area contributed by atoms with Gasteiger partial charge in [-0.2, -0.15) is 0 Å². The lowest BCUT2D eigenvalue weighted by Crippen LogP contribution is -2.54. The van der Waals surface area contributed by atoms with Gasteiger partial charge in [0.15, 0.2) is 8.32 Å². The van der Waals surface area contributed by atoms with Gasteiger partial charge in [0, 0.05) is 12.3 Å². The number of carbonyl (C=O) groups excluding carboxylic acids is 1. The highest BCUT2D eigenvalue weighted by Crippen LogP contribution is 2.41. The summed E-state index contributed by atoms with van der Waals surface area (Å²) >= 11 is 0. The van der Waals surface area contributed by atoms with Gasteiger partial charge < -0.3 is 24.7 Å². The Labute approximate surface area is 305 Å². The third-order valence-corrected chi connectivity index (χ3v) is 16.1. The quantitative estimate of drug-likeness (QED) is 0.120. The van der Waals surface area contributed by atoms with E-state index in [9.17, 15) is 15.0 Å². The number of aliphatic hydroxyl groups is 2. The van der Waals surface area contributed by atoms with Crippen molar-refractivity contribution in [1.29, 1.82) is 0 Å². The lowest BCUT2D eigenvalue weighted by molar-refractivity contribution is -0.131. The smallest absolute Gasteiger partial charge is 0.223 e. The lowest BCUT2D eigenvalue weighted by atomic mass is 9.82. The molecule has 0 heterocycles. The number of hydrogen-bond donors (Lipinski definition) is 3. The van der Waals surface area contributed by atoms with Gasteiger partial charge in [-0.25, -0.2) is 0 Å². The number of hydrogen-bond acceptors (Lipinski definition) is 5. The summed E-state index contributed by atoms with van der Waals surface area (Å²) in [4.78, 5) is 14.5. The SMILES string of the molecule is CC(C)CC(O)C(NC(=O)[C@H](CC1CC1)C[C@H](O[Si](C)(C)C(C)(C)C)[C@H](Cc1ccccc1)OCc1ccccc1)C(O)CC1CCCCC1. The number of benzene rings is 2. The van der Waals surface area contributed by atoms with Gasteiger partial charge in [-0.3, -0.25) is 4.79 Å². The molecule has 3 unspecified atom stereocenters. The van der Waals surface area contributed by atoms with E-state index in [1.54, 1.807) is 0 Å². The Balaban J connectivity index is 1.63. The van der Waals surface area contributed by atoms with Crippen LogP contribution in [0.5, 0.6) is 0 Å². The molecule has 2 aliphatic carbocycles. The van der Waals surface area contributed by atoms with Crippen LogP contribution in [0.25, 0.3) is 0 Å². The molecule has 3 N–H and O–H groups in total. The van der Waals surface area contributed by atoms with Crippen LogP contribution in [0.3, 0.4) is 0 Å². The highest BCUT2D eigenvalue weighted by Gasteiger charge is 2.43. The summed E-state index contributed by atoms with van der Waals surface area (Å²) < 4.78 is 14.1. The predicted octanol–water partition coefficient (Wildman–Crippen LogP) is 9.23. The van der Waals surface area contributed by atoms with E-state index in [0.29, 0.717) is 44.1 Å². The van der Waals surface area contributed by atoms with Crippen molar-refractivity contribution in [2.24, 2.45) is 23.7 Å². The van der Waals surface area contributed by atoms with Crippen molar-refractivity contribution in [3.05, 3.63) is 71.8 Å². The normalized spacial score (nSPS) is 19.8. The van der Waals surface area contributed by atoms with Gasteiger partial charge in [0.1, 0.15) is 0 Å². The summed E-state index contributed by atoms with van der Waals surface area (Å²) in [6.07, 6.45) is 9.14. The fourth-order valence-corrected chi connectivity index (χ4v) is 8.73. The predicted molar refractivity (Wildman–Crippen MR) is 207 cm³/mol. The third-order valence-electron chi connectivity index (χ3n) is 11.6. The minimum atomic E-state index is -2.29. The second-order valence-corrected chi connectivity index (χ2v) is 22.3. The van der Waals surface area contributed by atoms with Crippen LogP contribution in [-0.4, -0.2) is 54.9 Å². The summed E-state index contributed by atoms with van der Waals surface area (Å²) in [6.45, 7) is 16.0. The van der Waals surface area contributed by atoms with Gasteiger partial charge in [-0.15, -0.1) is 0 Å². The summed E-state index contributed by atoms with van der Waals surface area (Å²) in [7, 11) is -2.29. The number of aliphatic hydroxyl groups excluding tert-OH is 2. The highest BCUT2D eigenvalue weighted by molar-refractivity contribution is 6.74. The molecule has 6 nitrogen and oxygen atoms in total. The van der Waals surface area contributed by atoms with Gasteiger partial charge in [0.05, 0.1) is 37.1 Å². The van der Waals surface area contributed by atoms with Gasteiger partial charge in [-0.1, -0.05) is 140 Å². The van der Waals surface area contributed by atoms with Crippen LogP contribution in [-0.2, 0) is 27.0 Å². The minimum Gasteiger partial charge on any atom is -0.411 e. The topological polar surface area (TPSA) is 88.0 Å². The number of carbonyl (C=O) groups is 1. The van der Waals surface area contributed by atoms with E-state index in [4.69, 9.17) is 9.16 Å². The van der Waals surface area contributed by atoms with E-state index in [1.165, 1.54) is 24.8 Å². The fourth-order valence-electron chi connectivity index (χ4n) is 7.37. The van der Waals surface area contributed by atoms with E-state index in [1.807, 2.05) is 24.3 Å². The first kappa shape index (κ1) is 40.7. The zero-order chi connectivity index (χ0) is 36.3. The van der Waals surface area contributed by atoms with Crippen LogP contribution >= 0.6 is 0 Å². The molecule has 280 valence electrons. The Morgan fingerprint density at radius 1 is 0.800 bits per heavy atom. The maximum absolute atomic E-state index is 14.5. The van der Waals surface area contributed by atoms with Crippen molar-refractivity contribution in [2.75, 3.05) is 0 Å². The van der Waals surface area contributed by atoms with Crippen LogP contribution in [0, 0.1) is 23.7 Å². The molecular formula is C43H69NO5Si. The van der Waals surface area contributed by atoms with Crippen LogP contribution < -0.4 is 5.32 Å². The molecule has 2 fully saturated rings. The number of rotatable bonds is 20. The molecule has 2 saturated carbocycles. The molecule has 6 atom stereocenters. The second kappa shape index (κ2) is 19.2. The third kappa shape index (κ3) is 13.2. The van der Waals surface area contributed by atoms with E-state index in [2.05, 4.69) is 89.4 Å². The van der Waals surface area contributed by atoms with Gasteiger partial charge in [0.25, 0.3) is 0 Å². The first-order valence-corrected chi connectivity index (χ1v) is 22.7. The van der Waals surface area contributed by atoms with Crippen LogP contribution in [0.2, 0.25) is 18.1 Å². The largest absolute Gasteiger partial charge is 0.411 e. The van der Waals surface area contributed by atoms with E-state index < -0.39 is 26.6 Å². The van der Waals surface area contributed by atoms with E-state index in [0.717, 1.165) is 37.7 Å². The molecule has 4 rings (SSSR count). The number of ether oxygens (including phenoxy) is 1. The average molecular weight is 708 g/mol. The van der Waals surface area contributed by atoms with Crippen molar-refractivity contribution in [3.8, 4) is 0 Å². The van der Waals surface area contributed by atoms with Crippen molar-refractivity contribution in [2.45, 2.75) is 167 Å². The van der Waals surface area contributed by atoms with Gasteiger partial charge in [0.2, 0.25) is 5.91 Å². The fraction of sp³-hybridized carbons (Fsp3) is 0.698. The molecule has 7 heteroatoms. The Hall–Kier alpha value is -2.03. The number of amides is 1. The molecule has 2 aromatic rings. The number of nitrogens with one attached hydrogen (secondary N) is 1. The van der Waals surface area contributed by atoms with Crippen molar-refractivity contribution < 1.29 is 24.2 Å². The van der Waals surface area contributed by atoms with Gasteiger partial charge in [-0.05, 0) is 72.7 Å². The summed E-state index contributed by atoms with van der Waals surface area (Å²) in [6, 6.07) is 20.0. The average Bonchev–Trinajstić information content (AvgIpc) is 3.89. The van der Waals surface area contributed by atoms with Crippen molar-refractivity contribution in [1.82, 2.24) is 5.32 Å². The zero-order valence-corrected chi connectivity index (χ0v) is 33.3. The Morgan fingerprint density at radius 3 is 1.94 bits per heavy atom. The highest BCUT2D eigenvalue weighted by atomic mass is 28.4. The monoisotopic (exact) mass is 707 g/mol.